The predicted octanol–water partition coefficient (Wildman–Crippen LogP) is 5.05. The lowest BCUT2D eigenvalue weighted by Crippen LogP contribution is -2.16. The number of benzene rings is 3. The Morgan fingerprint density at radius 2 is 1.89 bits per heavy atom. The fourth-order valence-electron chi connectivity index (χ4n) is 2.99. The van der Waals surface area contributed by atoms with Gasteiger partial charge in [-0.15, -0.1) is 10.2 Å². The third-order valence-corrected chi connectivity index (χ3v) is 6.28. The van der Waals surface area contributed by atoms with Crippen molar-refractivity contribution in [3.63, 3.8) is 0 Å². The molecule has 0 aliphatic carbocycles. The molecule has 0 spiro atoms. The Balaban J connectivity index is 1.32. The third-order valence-electron chi connectivity index (χ3n) is 4.73. The number of thioether (sulfide) groups is 1. The summed E-state index contributed by atoms with van der Waals surface area (Å²) >= 11 is 13.3. The van der Waals surface area contributed by atoms with E-state index in [0.29, 0.717) is 33.2 Å². The van der Waals surface area contributed by atoms with Crippen molar-refractivity contribution < 1.29 is 9.53 Å². The lowest BCUT2D eigenvalue weighted by Gasteiger charge is -2.10. The zero-order valence-electron chi connectivity index (χ0n) is 18.8. The van der Waals surface area contributed by atoms with Crippen LogP contribution >= 0.6 is 35.0 Å². The minimum Gasteiger partial charge on any atom is -0.488 e. The second-order valence-corrected chi connectivity index (χ2v) is 9.10. The number of carbonyl (C=O) groups excluding carboxylic acids is 1. The number of nitrogens with one attached hydrogen (secondary N) is 2. The van der Waals surface area contributed by atoms with Gasteiger partial charge in [0.2, 0.25) is 11.1 Å². The summed E-state index contributed by atoms with van der Waals surface area (Å²) < 4.78 is 7.14. The largest absolute Gasteiger partial charge is 0.488 e. The zero-order valence-corrected chi connectivity index (χ0v) is 21.1. The number of amides is 1. The van der Waals surface area contributed by atoms with Crippen molar-refractivity contribution in [2.75, 3.05) is 22.3 Å². The second kappa shape index (κ2) is 12.3. The number of nitrogens with zero attached hydrogens (tertiary/aromatic N) is 4. The molecule has 0 radical (unpaired) electrons. The number of nitrogen functional groups attached to an aromatic ring is 1. The third kappa shape index (κ3) is 6.91. The highest BCUT2D eigenvalue weighted by Gasteiger charge is 2.12. The lowest BCUT2D eigenvalue weighted by atomic mass is 10.2. The smallest absolute Gasteiger partial charge is 0.264 e. The van der Waals surface area contributed by atoms with Crippen molar-refractivity contribution in [2.45, 2.75) is 11.8 Å². The summed E-state index contributed by atoms with van der Waals surface area (Å²) in [6.07, 6.45) is 1.59. The fourth-order valence-corrected chi connectivity index (χ4v) is 4.03. The monoisotopic (exact) mass is 541 g/mol. The van der Waals surface area contributed by atoms with Crippen LogP contribution in [0, 0.1) is 0 Å². The van der Waals surface area contributed by atoms with Crippen molar-refractivity contribution >= 4 is 58.7 Å². The van der Waals surface area contributed by atoms with Crippen LogP contribution in [0.25, 0.3) is 0 Å². The SMILES string of the molecule is Nn1c(N/N=C/c2ccccc2OCc2ccccc2Cl)nnc1SCC(=O)Nc1cccc(Cl)c1. The molecule has 0 saturated heterocycles. The van der Waals surface area contributed by atoms with Crippen LogP contribution in [0.2, 0.25) is 10.0 Å². The first-order valence-corrected chi connectivity index (χ1v) is 12.4. The number of halogens is 2. The minimum atomic E-state index is -0.230. The van der Waals surface area contributed by atoms with Gasteiger partial charge in [0.25, 0.3) is 5.95 Å². The summed E-state index contributed by atoms with van der Waals surface area (Å²) in [6.45, 7) is 0.320. The van der Waals surface area contributed by atoms with E-state index in [1.54, 1.807) is 30.5 Å². The van der Waals surface area contributed by atoms with Crippen LogP contribution in [0.5, 0.6) is 5.75 Å². The van der Waals surface area contributed by atoms with Crippen molar-refractivity contribution in [3.05, 3.63) is 94.0 Å². The van der Waals surface area contributed by atoms with Gasteiger partial charge in [-0.2, -0.15) is 5.10 Å². The summed E-state index contributed by atoms with van der Waals surface area (Å²) in [5.74, 6) is 6.74. The average molecular weight is 542 g/mol. The molecule has 1 heterocycles. The Kier molecular flexibility index (Phi) is 8.66. The number of hydrogen-bond donors (Lipinski definition) is 3. The van der Waals surface area contributed by atoms with Gasteiger partial charge in [0, 0.05) is 26.9 Å². The Morgan fingerprint density at radius 3 is 2.72 bits per heavy atom. The molecule has 0 aliphatic heterocycles. The molecule has 1 aromatic heterocycles. The molecule has 0 atom stereocenters. The zero-order chi connectivity index (χ0) is 25.3. The van der Waals surface area contributed by atoms with Gasteiger partial charge in [0.1, 0.15) is 12.4 Å². The highest BCUT2D eigenvalue weighted by molar-refractivity contribution is 7.99. The maximum Gasteiger partial charge on any atom is 0.264 e. The van der Waals surface area contributed by atoms with Crippen LogP contribution in [0.3, 0.4) is 0 Å². The van der Waals surface area contributed by atoms with Crippen molar-refractivity contribution in [3.8, 4) is 5.75 Å². The maximum atomic E-state index is 12.2. The minimum absolute atomic E-state index is 0.0846. The Hall–Kier alpha value is -3.73. The summed E-state index contributed by atoms with van der Waals surface area (Å²) in [6, 6.07) is 21.8. The number of para-hydroxylation sites is 1. The molecule has 4 N–H and O–H groups in total. The van der Waals surface area contributed by atoms with Gasteiger partial charge >= 0.3 is 0 Å². The quantitative estimate of drug-likeness (QED) is 0.111. The molecule has 0 saturated carbocycles. The maximum absolute atomic E-state index is 12.2. The number of rotatable bonds is 10. The normalized spacial score (nSPS) is 10.9. The topological polar surface area (TPSA) is 119 Å². The molecule has 1 amide bonds. The van der Waals surface area contributed by atoms with E-state index < -0.39 is 0 Å². The molecule has 0 aliphatic rings. The van der Waals surface area contributed by atoms with E-state index in [2.05, 4.69) is 26.0 Å². The number of ether oxygens (including phenoxy) is 1. The molecule has 9 nitrogen and oxygen atoms in total. The number of aromatic nitrogens is 3. The highest BCUT2D eigenvalue weighted by Crippen LogP contribution is 2.22. The number of anilines is 2. The second-order valence-electron chi connectivity index (χ2n) is 7.31. The van der Waals surface area contributed by atoms with Gasteiger partial charge in [-0.3, -0.25) is 4.79 Å². The van der Waals surface area contributed by atoms with Gasteiger partial charge in [-0.1, -0.05) is 71.4 Å². The molecule has 0 bridgehead atoms. The molecule has 0 fully saturated rings. The highest BCUT2D eigenvalue weighted by atomic mass is 35.5. The number of nitrogens with two attached hydrogens (primary N) is 1. The first-order chi connectivity index (χ1) is 17.5. The van der Waals surface area contributed by atoms with Crippen LogP contribution < -0.4 is 21.3 Å². The van der Waals surface area contributed by atoms with Crippen LogP contribution in [0.1, 0.15) is 11.1 Å². The van der Waals surface area contributed by atoms with Crippen LogP contribution in [0.15, 0.2) is 83.1 Å². The summed E-state index contributed by atoms with van der Waals surface area (Å²) in [5.41, 5.74) is 4.98. The van der Waals surface area contributed by atoms with Gasteiger partial charge in [0.15, 0.2) is 0 Å². The van der Waals surface area contributed by atoms with Crippen molar-refractivity contribution in [1.82, 2.24) is 14.9 Å². The van der Waals surface area contributed by atoms with E-state index >= 15 is 0 Å². The molecular weight excluding hydrogens is 521 g/mol. The van der Waals surface area contributed by atoms with Crippen molar-refractivity contribution in [1.29, 1.82) is 0 Å². The molecule has 3 aromatic carbocycles. The first-order valence-electron chi connectivity index (χ1n) is 10.6. The molecule has 4 rings (SSSR count). The Labute approximate surface area is 221 Å². The number of hydrogen-bond acceptors (Lipinski definition) is 8. The standard InChI is InChI=1S/C24H21Cl2N7O2S/c25-18-8-5-9-19(12-18)29-22(34)15-36-24-32-31-23(33(24)27)30-28-13-16-6-2-4-11-21(16)35-14-17-7-1-3-10-20(17)26/h1-13H,14-15,27H2,(H,29,34)(H,30,31)/b28-13+. The Bertz CT molecular complexity index is 1380. The summed E-state index contributed by atoms with van der Waals surface area (Å²) in [7, 11) is 0. The number of carbonyl (C=O) groups is 1. The van der Waals surface area contributed by atoms with Gasteiger partial charge in [0.05, 0.1) is 12.0 Å². The first kappa shape index (κ1) is 25.4. The van der Waals surface area contributed by atoms with E-state index in [1.807, 2.05) is 48.5 Å². The number of hydrazone groups is 1. The predicted molar refractivity (Wildman–Crippen MR) is 144 cm³/mol. The Morgan fingerprint density at radius 1 is 1.08 bits per heavy atom. The molecule has 36 heavy (non-hydrogen) atoms. The average Bonchev–Trinajstić information content (AvgIpc) is 3.22. The van der Waals surface area contributed by atoms with E-state index in [0.717, 1.165) is 22.9 Å². The molecule has 4 aromatic rings. The van der Waals surface area contributed by atoms with E-state index in [9.17, 15) is 4.79 Å². The van der Waals surface area contributed by atoms with E-state index in [4.69, 9.17) is 33.8 Å². The molecular formula is C24H21Cl2N7O2S. The molecule has 184 valence electrons. The molecule has 12 heteroatoms. The summed E-state index contributed by atoms with van der Waals surface area (Å²) in [4.78, 5) is 12.2. The van der Waals surface area contributed by atoms with Crippen LogP contribution in [-0.2, 0) is 11.4 Å². The van der Waals surface area contributed by atoms with Gasteiger partial charge in [-0.05, 0) is 36.4 Å². The van der Waals surface area contributed by atoms with Gasteiger partial charge < -0.3 is 15.9 Å². The van der Waals surface area contributed by atoms with Crippen LogP contribution in [0.4, 0.5) is 11.6 Å². The van der Waals surface area contributed by atoms with Gasteiger partial charge in [-0.25, -0.2) is 10.1 Å². The molecule has 0 unspecified atom stereocenters. The fraction of sp³-hybridized carbons (Fsp3) is 0.0833. The van der Waals surface area contributed by atoms with Crippen LogP contribution in [-0.4, -0.2) is 32.7 Å². The lowest BCUT2D eigenvalue weighted by molar-refractivity contribution is -0.113. The van der Waals surface area contributed by atoms with E-state index in [1.165, 1.54) is 4.68 Å². The van der Waals surface area contributed by atoms with Crippen molar-refractivity contribution in [2.24, 2.45) is 5.10 Å². The van der Waals surface area contributed by atoms with E-state index in [-0.39, 0.29) is 17.6 Å². The summed E-state index contributed by atoms with van der Waals surface area (Å²) in [5, 5.41) is 16.5.